The van der Waals surface area contributed by atoms with Crippen molar-refractivity contribution in [1.29, 1.82) is 0 Å². The Morgan fingerprint density at radius 3 is 2.82 bits per heavy atom. The van der Waals surface area contributed by atoms with Gasteiger partial charge in [0, 0.05) is 25.6 Å². The zero-order valence-electron chi connectivity index (χ0n) is 12.4. The highest BCUT2D eigenvalue weighted by atomic mass is 16.3. The zero-order valence-corrected chi connectivity index (χ0v) is 12.4. The lowest BCUT2D eigenvalue weighted by molar-refractivity contribution is 0.165. The first-order valence-corrected chi connectivity index (χ1v) is 7.91. The van der Waals surface area contributed by atoms with Gasteiger partial charge in [0.2, 0.25) is 0 Å². The molecule has 5 nitrogen and oxygen atoms in total. The summed E-state index contributed by atoms with van der Waals surface area (Å²) in [5.41, 5.74) is 2.37. The number of aliphatic hydroxyl groups is 1. The van der Waals surface area contributed by atoms with E-state index in [4.69, 9.17) is 0 Å². The van der Waals surface area contributed by atoms with E-state index in [0.717, 1.165) is 30.3 Å². The number of aromatic nitrogens is 2. The van der Waals surface area contributed by atoms with Crippen molar-refractivity contribution in [3.63, 3.8) is 0 Å². The monoisotopic (exact) mass is 296 g/mol. The molecule has 1 saturated heterocycles. The first-order valence-electron chi connectivity index (χ1n) is 7.91. The Balaban J connectivity index is 1.57. The summed E-state index contributed by atoms with van der Waals surface area (Å²) < 4.78 is 0. The second-order valence-electron chi connectivity index (χ2n) is 6.05. The zero-order chi connectivity index (χ0) is 14.9. The van der Waals surface area contributed by atoms with E-state index in [1.807, 2.05) is 18.2 Å². The van der Waals surface area contributed by atoms with E-state index < -0.39 is 6.10 Å². The minimum atomic E-state index is -0.414. The van der Waals surface area contributed by atoms with Crippen LogP contribution in [0.5, 0.6) is 0 Å². The van der Waals surface area contributed by atoms with Crippen molar-refractivity contribution >= 4 is 11.6 Å². The van der Waals surface area contributed by atoms with Gasteiger partial charge in [-0.1, -0.05) is 24.3 Å². The van der Waals surface area contributed by atoms with Gasteiger partial charge >= 0.3 is 0 Å². The van der Waals surface area contributed by atoms with E-state index in [1.54, 1.807) is 6.33 Å². The molecule has 2 atom stereocenters. The van der Waals surface area contributed by atoms with Crippen molar-refractivity contribution in [2.45, 2.75) is 31.4 Å². The van der Waals surface area contributed by atoms with E-state index in [1.165, 1.54) is 18.4 Å². The Hall–Kier alpha value is -2.14. The molecule has 2 N–H and O–H groups in total. The van der Waals surface area contributed by atoms with Crippen LogP contribution in [-0.2, 0) is 6.42 Å². The minimum Gasteiger partial charge on any atom is -0.390 e. The number of hydrogen-bond acceptors (Lipinski definition) is 5. The van der Waals surface area contributed by atoms with Gasteiger partial charge in [0.15, 0.2) is 0 Å². The molecular weight excluding hydrogens is 276 g/mol. The molecule has 0 radical (unpaired) electrons. The fourth-order valence-corrected chi connectivity index (χ4v) is 3.45. The van der Waals surface area contributed by atoms with Gasteiger partial charge in [-0.25, -0.2) is 9.97 Å². The number of rotatable bonds is 3. The van der Waals surface area contributed by atoms with Gasteiger partial charge < -0.3 is 15.3 Å². The number of aliphatic hydroxyl groups excluding tert-OH is 1. The van der Waals surface area contributed by atoms with E-state index in [2.05, 4.69) is 32.3 Å². The van der Waals surface area contributed by atoms with Crippen LogP contribution in [0.3, 0.4) is 0 Å². The van der Waals surface area contributed by atoms with E-state index in [9.17, 15) is 5.11 Å². The molecule has 0 amide bonds. The quantitative estimate of drug-likeness (QED) is 0.909. The number of anilines is 2. The molecular formula is C17H20N4O. The molecule has 1 aliphatic heterocycles. The van der Waals surface area contributed by atoms with Crippen LogP contribution in [0.2, 0.25) is 0 Å². The molecule has 22 heavy (non-hydrogen) atoms. The maximum atomic E-state index is 10.3. The lowest BCUT2D eigenvalue weighted by atomic mass is 10.1. The molecule has 1 fully saturated rings. The van der Waals surface area contributed by atoms with Crippen LogP contribution in [0.25, 0.3) is 0 Å². The van der Waals surface area contributed by atoms with Gasteiger partial charge in [0.25, 0.3) is 0 Å². The number of benzene rings is 1. The average molecular weight is 296 g/mol. The van der Waals surface area contributed by atoms with Crippen LogP contribution in [0.4, 0.5) is 11.6 Å². The predicted octanol–water partition coefficient (Wildman–Crippen LogP) is 2.15. The van der Waals surface area contributed by atoms with Crippen molar-refractivity contribution in [2.75, 3.05) is 23.3 Å². The standard InChI is InChI=1S/C17H20N4O/c22-14-9-12-5-1-2-6-13(12)17(14)20-15-10-16(19-11-18-15)21-7-3-4-8-21/h1-2,5-6,10-11,14,17,22H,3-4,7-9H2,(H,18,19,20)/t14-,17+/m0/s1. The SMILES string of the molecule is O[C@H]1Cc2ccccc2[C@H]1Nc1cc(N2CCCC2)ncn1. The fourth-order valence-electron chi connectivity index (χ4n) is 3.45. The summed E-state index contributed by atoms with van der Waals surface area (Å²) in [5, 5.41) is 13.7. The summed E-state index contributed by atoms with van der Waals surface area (Å²) in [6.45, 7) is 2.12. The molecule has 4 rings (SSSR count). The van der Waals surface area contributed by atoms with E-state index in [0.29, 0.717) is 6.42 Å². The summed E-state index contributed by atoms with van der Waals surface area (Å²) in [6.07, 6.45) is 4.33. The first-order chi connectivity index (χ1) is 10.8. The van der Waals surface area contributed by atoms with Gasteiger partial charge in [-0.05, 0) is 24.0 Å². The van der Waals surface area contributed by atoms with Crippen LogP contribution >= 0.6 is 0 Å². The van der Waals surface area contributed by atoms with Crippen molar-refractivity contribution in [3.8, 4) is 0 Å². The third kappa shape index (κ3) is 2.41. The van der Waals surface area contributed by atoms with Gasteiger partial charge in [-0.3, -0.25) is 0 Å². The largest absolute Gasteiger partial charge is 0.390 e. The summed E-state index contributed by atoms with van der Waals surface area (Å²) in [4.78, 5) is 11.0. The summed E-state index contributed by atoms with van der Waals surface area (Å²) >= 11 is 0. The van der Waals surface area contributed by atoms with Gasteiger partial charge in [-0.15, -0.1) is 0 Å². The number of fused-ring (bicyclic) bond motifs is 1. The van der Waals surface area contributed by atoms with E-state index in [-0.39, 0.29) is 6.04 Å². The second-order valence-corrected chi connectivity index (χ2v) is 6.05. The summed E-state index contributed by atoms with van der Waals surface area (Å²) in [5.74, 6) is 1.74. The number of hydrogen-bond donors (Lipinski definition) is 2. The highest BCUT2D eigenvalue weighted by Gasteiger charge is 2.31. The average Bonchev–Trinajstić information content (AvgIpc) is 3.17. The van der Waals surface area contributed by atoms with Crippen LogP contribution in [-0.4, -0.2) is 34.3 Å². The fraction of sp³-hybridized carbons (Fsp3) is 0.412. The van der Waals surface area contributed by atoms with Crippen molar-refractivity contribution in [3.05, 3.63) is 47.8 Å². The Morgan fingerprint density at radius 1 is 1.14 bits per heavy atom. The van der Waals surface area contributed by atoms with Gasteiger partial charge in [0.05, 0.1) is 12.1 Å². The Kier molecular flexibility index (Phi) is 3.42. The highest BCUT2D eigenvalue weighted by molar-refractivity contribution is 5.51. The Labute approximate surface area is 130 Å². The Morgan fingerprint density at radius 2 is 1.95 bits per heavy atom. The smallest absolute Gasteiger partial charge is 0.134 e. The summed E-state index contributed by atoms with van der Waals surface area (Å²) in [6, 6.07) is 10.1. The molecule has 0 unspecified atom stereocenters. The third-order valence-electron chi connectivity index (χ3n) is 4.59. The second kappa shape index (κ2) is 5.57. The first kappa shape index (κ1) is 13.5. The van der Waals surface area contributed by atoms with Crippen LogP contribution in [0, 0.1) is 0 Å². The molecule has 0 spiro atoms. The molecule has 0 bridgehead atoms. The molecule has 1 aliphatic carbocycles. The third-order valence-corrected chi connectivity index (χ3v) is 4.59. The van der Waals surface area contributed by atoms with Gasteiger partial charge in [-0.2, -0.15) is 0 Å². The maximum Gasteiger partial charge on any atom is 0.134 e. The van der Waals surface area contributed by atoms with Crippen molar-refractivity contribution in [1.82, 2.24) is 9.97 Å². The molecule has 2 heterocycles. The van der Waals surface area contributed by atoms with Crippen molar-refractivity contribution in [2.24, 2.45) is 0 Å². The molecule has 1 aromatic carbocycles. The minimum absolute atomic E-state index is 0.0995. The lowest BCUT2D eigenvalue weighted by Gasteiger charge is -2.20. The maximum absolute atomic E-state index is 10.3. The predicted molar refractivity (Wildman–Crippen MR) is 86.0 cm³/mol. The van der Waals surface area contributed by atoms with Crippen LogP contribution < -0.4 is 10.2 Å². The topological polar surface area (TPSA) is 61.3 Å². The molecule has 1 aromatic heterocycles. The molecule has 2 aromatic rings. The normalized spacial score (nSPS) is 23.6. The molecule has 5 heteroatoms. The molecule has 2 aliphatic rings. The molecule has 114 valence electrons. The number of nitrogens with zero attached hydrogens (tertiary/aromatic N) is 3. The molecule has 0 saturated carbocycles. The Bertz CT molecular complexity index is 669. The lowest BCUT2D eigenvalue weighted by Crippen LogP contribution is -2.23. The van der Waals surface area contributed by atoms with E-state index >= 15 is 0 Å². The number of nitrogens with one attached hydrogen (secondary N) is 1. The van der Waals surface area contributed by atoms with Crippen LogP contribution in [0.1, 0.15) is 30.0 Å². The van der Waals surface area contributed by atoms with Crippen molar-refractivity contribution < 1.29 is 5.11 Å². The summed E-state index contributed by atoms with van der Waals surface area (Å²) in [7, 11) is 0. The van der Waals surface area contributed by atoms with Gasteiger partial charge in [0.1, 0.15) is 18.0 Å². The highest BCUT2D eigenvalue weighted by Crippen LogP contribution is 2.34. The van der Waals surface area contributed by atoms with Crippen LogP contribution in [0.15, 0.2) is 36.7 Å².